The molecule has 0 saturated heterocycles. The van der Waals surface area contributed by atoms with E-state index in [1.807, 2.05) is 26.0 Å². The van der Waals surface area contributed by atoms with E-state index in [2.05, 4.69) is 11.1 Å². The van der Waals surface area contributed by atoms with Gasteiger partial charge in [-0.05, 0) is 36.6 Å². The van der Waals surface area contributed by atoms with Gasteiger partial charge in [0.15, 0.2) is 0 Å². The summed E-state index contributed by atoms with van der Waals surface area (Å²) in [5, 5.41) is 9.97. The SMILES string of the molecule is CCc1nc(N)c(C#N)c(-c2ccc(Cl)cc2)c1C. The van der Waals surface area contributed by atoms with Gasteiger partial charge in [0, 0.05) is 16.3 Å². The minimum absolute atomic E-state index is 0.287. The molecule has 0 fully saturated rings. The first-order valence-corrected chi connectivity index (χ1v) is 6.41. The van der Waals surface area contributed by atoms with Crippen LogP contribution in [0.25, 0.3) is 11.1 Å². The molecule has 0 aliphatic carbocycles. The van der Waals surface area contributed by atoms with Crippen LogP contribution in [0.2, 0.25) is 5.02 Å². The minimum atomic E-state index is 0.287. The molecule has 0 radical (unpaired) electrons. The van der Waals surface area contributed by atoms with Crippen LogP contribution < -0.4 is 5.73 Å². The Morgan fingerprint density at radius 2 is 1.95 bits per heavy atom. The van der Waals surface area contributed by atoms with Crippen molar-refractivity contribution in [1.29, 1.82) is 5.26 Å². The molecule has 0 bridgehead atoms. The number of hydrogen-bond acceptors (Lipinski definition) is 3. The Kier molecular flexibility index (Phi) is 3.73. The Hall–Kier alpha value is -2.05. The van der Waals surface area contributed by atoms with E-state index in [-0.39, 0.29) is 5.82 Å². The van der Waals surface area contributed by atoms with Crippen molar-refractivity contribution in [2.24, 2.45) is 0 Å². The van der Waals surface area contributed by atoms with Gasteiger partial charge in [0.1, 0.15) is 17.5 Å². The maximum Gasteiger partial charge on any atom is 0.142 e. The van der Waals surface area contributed by atoms with Crippen molar-refractivity contribution in [3.63, 3.8) is 0 Å². The van der Waals surface area contributed by atoms with Crippen molar-refractivity contribution in [3.8, 4) is 17.2 Å². The van der Waals surface area contributed by atoms with Gasteiger partial charge in [0.25, 0.3) is 0 Å². The molecule has 0 atom stereocenters. The molecule has 1 aromatic carbocycles. The zero-order chi connectivity index (χ0) is 14.0. The van der Waals surface area contributed by atoms with Gasteiger partial charge >= 0.3 is 0 Å². The zero-order valence-electron chi connectivity index (χ0n) is 10.9. The van der Waals surface area contributed by atoms with E-state index in [4.69, 9.17) is 17.3 Å². The number of benzene rings is 1. The molecular weight excluding hydrogens is 258 g/mol. The third-order valence-electron chi connectivity index (χ3n) is 3.15. The van der Waals surface area contributed by atoms with Crippen LogP contribution in [0.1, 0.15) is 23.7 Å². The molecule has 19 heavy (non-hydrogen) atoms. The second-order valence-corrected chi connectivity index (χ2v) is 4.73. The molecule has 0 aliphatic rings. The van der Waals surface area contributed by atoms with Crippen LogP contribution in [0.3, 0.4) is 0 Å². The third kappa shape index (κ3) is 2.40. The summed E-state index contributed by atoms with van der Waals surface area (Å²) in [6.45, 7) is 3.99. The fourth-order valence-electron chi connectivity index (χ4n) is 2.18. The highest BCUT2D eigenvalue weighted by atomic mass is 35.5. The number of pyridine rings is 1. The maximum atomic E-state index is 9.31. The average molecular weight is 272 g/mol. The lowest BCUT2D eigenvalue weighted by molar-refractivity contribution is 1.01. The standard InChI is InChI=1S/C15H14ClN3/c1-3-13-9(2)14(12(8-17)15(18)19-13)10-4-6-11(16)7-5-10/h4-7H,3H2,1-2H3,(H2,18,19). The molecule has 0 amide bonds. The second kappa shape index (κ2) is 5.29. The molecule has 4 heteroatoms. The fraction of sp³-hybridized carbons (Fsp3) is 0.200. The van der Waals surface area contributed by atoms with E-state index in [1.165, 1.54) is 0 Å². The van der Waals surface area contributed by atoms with Crippen molar-refractivity contribution in [1.82, 2.24) is 4.98 Å². The van der Waals surface area contributed by atoms with Crippen LogP contribution in [-0.4, -0.2) is 4.98 Å². The quantitative estimate of drug-likeness (QED) is 0.905. The minimum Gasteiger partial charge on any atom is -0.383 e. The van der Waals surface area contributed by atoms with Gasteiger partial charge < -0.3 is 5.73 Å². The van der Waals surface area contributed by atoms with Gasteiger partial charge in [-0.25, -0.2) is 4.98 Å². The number of anilines is 1. The maximum absolute atomic E-state index is 9.31. The number of nitrogen functional groups attached to an aromatic ring is 1. The number of halogens is 1. The average Bonchev–Trinajstić information content (AvgIpc) is 2.41. The van der Waals surface area contributed by atoms with Gasteiger partial charge in [-0.15, -0.1) is 0 Å². The normalized spacial score (nSPS) is 10.2. The molecule has 1 aromatic heterocycles. The molecule has 2 rings (SSSR count). The summed E-state index contributed by atoms with van der Waals surface area (Å²) in [6, 6.07) is 9.55. The van der Waals surface area contributed by atoms with E-state index in [1.54, 1.807) is 12.1 Å². The molecule has 0 aliphatic heterocycles. The van der Waals surface area contributed by atoms with Gasteiger partial charge in [0.2, 0.25) is 0 Å². The van der Waals surface area contributed by atoms with Gasteiger partial charge in [-0.2, -0.15) is 5.26 Å². The highest BCUT2D eigenvalue weighted by Gasteiger charge is 2.16. The van der Waals surface area contributed by atoms with Crippen molar-refractivity contribution in [3.05, 3.63) is 46.1 Å². The molecule has 0 spiro atoms. The number of nitrogens with two attached hydrogens (primary N) is 1. The van der Waals surface area contributed by atoms with E-state index >= 15 is 0 Å². The van der Waals surface area contributed by atoms with E-state index in [0.29, 0.717) is 10.6 Å². The van der Waals surface area contributed by atoms with E-state index in [0.717, 1.165) is 28.8 Å². The van der Waals surface area contributed by atoms with Crippen LogP contribution >= 0.6 is 11.6 Å². The summed E-state index contributed by atoms with van der Waals surface area (Å²) in [5.74, 6) is 0.287. The number of nitrogens with zero attached hydrogens (tertiary/aromatic N) is 2. The van der Waals surface area contributed by atoms with Gasteiger partial charge in [-0.3, -0.25) is 0 Å². The Balaban J connectivity index is 2.77. The predicted molar refractivity (Wildman–Crippen MR) is 77.9 cm³/mol. The van der Waals surface area contributed by atoms with Crippen molar-refractivity contribution in [2.45, 2.75) is 20.3 Å². The number of aromatic nitrogens is 1. The Morgan fingerprint density at radius 1 is 1.32 bits per heavy atom. The predicted octanol–water partition coefficient (Wildman–Crippen LogP) is 3.73. The number of hydrogen-bond donors (Lipinski definition) is 1. The molecule has 96 valence electrons. The van der Waals surface area contributed by atoms with Crippen molar-refractivity contribution < 1.29 is 0 Å². The molecule has 0 saturated carbocycles. The second-order valence-electron chi connectivity index (χ2n) is 4.29. The lowest BCUT2D eigenvalue weighted by Gasteiger charge is -2.14. The van der Waals surface area contributed by atoms with Crippen molar-refractivity contribution >= 4 is 17.4 Å². The smallest absolute Gasteiger partial charge is 0.142 e. The van der Waals surface area contributed by atoms with E-state index in [9.17, 15) is 5.26 Å². The Labute approximate surface area is 117 Å². The summed E-state index contributed by atoms with van der Waals surface area (Å²) in [4.78, 5) is 4.29. The topological polar surface area (TPSA) is 62.7 Å². The fourth-order valence-corrected chi connectivity index (χ4v) is 2.31. The first kappa shape index (κ1) is 13.4. The van der Waals surface area contributed by atoms with Crippen LogP contribution in [0.15, 0.2) is 24.3 Å². The summed E-state index contributed by atoms with van der Waals surface area (Å²) in [5.41, 5.74) is 10.0. The van der Waals surface area contributed by atoms with Crippen LogP contribution in [0.5, 0.6) is 0 Å². The molecule has 2 aromatic rings. The summed E-state index contributed by atoms with van der Waals surface area (Å²) in [6.07, 6.45) is 0.780. The highest BCUT2D eigenvalue weighted by Crippen LogP contribution is 2.32. The number of rotatable bonds is 2. The van der Waals surface area contributed by atoms with Crippen LogP contribution in [0, 0.1) is 18.3 Å². The van der Waals surface area contributed by atoms with Crippen LogP contribution in [-0.2, 0) is 6.42 Å². The lowest BCUT2D eigenvalue weighted by Crippen LogP contribution is -2.04. The monoisotopic (exact) mass is 271 g/mol. The first-order chi connectivity index (χ1) is 9.08. The number of nitriles is 1. The van der Waals surface area contributed by atoms with Crippen molar-refractivity contribution in [2.75, 3.05) is 5.73 Å². The molecule has 3 nitrogen and oxygen atoms in total. The number of aryl methyl sites for hydroxylation is 1. The summed E-state index contributed by atoms with van der Waals surface area (Å²) in [7, 11) is 0. The summed E-state index contributed by atoms with van der Waals surface area (Å²) >= 11 is 5.90. The molecule has 2 N–H and O–H groups in total. The third-order valence-corrected chi connectivity index (χ3v) is 3.40. The molecular formula is C15H14ClN3. The Bertz CT molecular complexity index is 654. The first-order valence-electron chi connectivity index (χ1n) is 6.03. The highest BCUT2D eigenvalue weighted by molar-refractivity contribution is 6.30. The molecule has 0 unspecified atom stereocenters. The Morgan fingerprint density at radius 3 is 2.47 bits per heavy atom. The van der Waals surface area contributed by atoms with Crippen LogP contribution in [0.4, 0.5) is 5.82 Å². The molecule has 1 heterocycles. The van der Waals surface area contributed by atoms with Gasteiger partial charge in [0.05, 0.1) is 0 Å². The summed E-state index contributed by atoms with van der Waals surface area (Å²) < 4.78 is 0. The lowest BCUT2D eigenvalue weighted by atomic mass is 9.94. The zero-order valence-corrected chi connectivity index (χ0v) is 11.6. The largest absolute Gasteiger partial charge is 0.383 e. The van der Waals surface area contributed by atoms with Gasteiger partial charge in [-0.1, -0.05) is 30.7 Å². The van der Waals surface area contributed by atoms with E-state index < -0.39 is 0 Å².